The van der Waals surface area contributed by atoms with Gasteiger partial charge in [-0.15, -0.1) is 11.8 Å². The molecule has 1 N–H and O–H groups in total. The van der Waals surface area contributed by atoms with Crippen LogP contribution in [0.3, 0.4) is 0 Å². The van der Waals surface area contributed by atoms with Crippen molar-refractivity contribution in [2.75, 3.05) is 6.26 Å². The molecule has 1 amide bonds. The molecule has 0 heterocycles. The lowest BCUT2D eigenvalue weighted by Crippen LogP contribution is -2.38. The SMILES string of the molecule is CSC(NC(=O)C(C)C)C(C)C. The van der Waals surface area contributed by atoms with Gasteiger partial charge in [-0.3, -0.25) is 4.79 Å². The van der Waals surface area contributed by atoms with E-state index < -0.39 is 0 Å². The number of rotatable bonds is 4. The minimum Gasteiger partial charge on any atom is -0.344 e. The molecule has 3 heteroatoms. The molecule has 0 aromatic carbocycles. The van der Waals surface area contributed by atoms with Gasteiger partial charge in [0.05, 0.1) is 5.37 Å². The van der Waals surface area contributed by atoms with Gasteiger partial charge < -0.3 is 5.32 Å². The summed E-state index contributed by atoms with van der Waals surface area (Å²) in [4.78, 5) is 11.3. The summed E-state index contributed by atoms with van der Waals surface area (Å²) >= 11 is 1.69. The lowest BCUT2D eigenvalue weighted by molar-refractivity contribution is -0.124. The molecule has 1 atom stereocenters. The van der Waals surface area contributed by atoms with Gasteiger partial charge in [-0.05, 0) is 12.2 Å². The van der Waals surface area contributed by atoms with E-state index in [-0.39, 0.29) is 17.2 Å². The molecule has 0 saturated carbocycles. The third-order valence-corrected chi connectivity index (χ3v) is 2.84. The van der Waals surface area contributed by atoms with Gasteiger partial charge in [-0.25, -0.2) is 0 Å². The molecule has 2 nitrogen and oxygen atoms in total. The molecule has 0 saturated heterocycles. The summed E-state index contributed by atoms with van der Waals surface area (Å²) in [5.41, 5.74) is 0. The van der Waals surface area contributed by atoms with Crippen molar-refractivity contribution < 1.29 is 4.79 Å². The van der Waals surface area contributed by atoms with Gasteiger partial charge in [0.1, 0.15) is 0 Å². The number of thioether (sulfide) groups is 1. The third-order valence-electron chi connectivity index (χ3n) is 1.67. The zero-order valence-corrected chi connectivity index (χ0v) is 9.37. The minimum atomic E-state index is 0.0819. The van der Waals surface area contributed by atoms with Gasteiger partial charge in [-0.1, -0.05) is 27.7 Å². The highest BCUT2D eigenvalue weighted by molar-refractivity contribution is 7.99. The van der Waals surface area contributed by atoms with Crippen molar-refractivity contribution in [1.82, 2.24) is 5.32 Å². The first kappa shape index (κ1) is 11.8. The average molecular weight is 189 g/mol. The Morgan fingerprint density at radius 2 is 1.75 bits per heavy atom. The van der Waals surface area contributed by atoms with E-state index in [1.807, 2.05) is 20.1 Å². The van der Waals surface area contributed by atoms with Crippen LogP contribution in [0.5, 0.6) is 0 Å². The van der Waals surface area contributed by atoms with Crippen LogP contribution in [0.2, 0.25) is 0 Å². The third kappa shape index (κ3) is 4.00. The van der Waals surface area contributed by atoms with E-state index in [2.05, 4.69) is 19.2 Å². The normalized spacial score (nSPS) is 13.6. The molecule has 0 aliphatic carbocycles. The summed E-state index contributed by atoms with van der Waals surface area (Å²) in [5.74, 6) is 0.712. The number of hydrogen-bond acceptors (Lipinski definition) is 2. The van der Waals surface area contributed by atoms with Crippen LogP contribution in [0.1, 0.15) is 27.7 Å². The maximum absolute atomic E-state index is 11.3. The van der Waals surface area contributed by atoms with Crippen molar-refractivity contribution in [3.05, 3.63) is 0 Å². The van der Waals surface area contributed by atoms with Crippen molar-refractivity contribution in [2.24, 2.45) is 11.8 Å². The van der Waals surface area contributed by atoms with E-state index >= 15 is 0 Å². The van der Waals surface area contributed by atoms with Crippen molar-refractivity contribution in [3.8, 4) is 0 Å². The first-order valence-corrected chi connectivity index (χ1v) is 5.61. The molecular formula is C9H19NOS. The Balaban J connectivity index is 3.94. The number of carbonyl (C=O) groups is 1. The fraction of sp³-hybridized carbons (Fsp3) is 0.889. The maximum Gasteiger partial charge on any atom is 0.223 e. The van der Waals surface area contributed by atoms with E-state index in [1.54, 1.807) is 11.8 Å². The van der Waals surface area contributed by atoms with Gasteiger partial charge >= 0.3 is 0 Å². The molecule has 0 rings (SSSR count). The molecule has 0 spiro atoms. The highest BCUT2D eigenvalue weighted by Crippen LogP contribution is 2.13. The summed E-state index contributed by atoms with van der Waals surface area (Å²) in [7, 11) is 0. The Kier molecular flexibility index (Phi) is 5.38. The van der Waals surface area contributed by atoms with Gasteiger partial charge in [-0.2, -0.15) is 0 Å². The molecular weight excluding hydrogens is 170 g/mol. The quantitative estimate of drug-likeness (QED) is 0.686. The summed E-state index contributed by atoms with van der Waals surface area (Å²) in [5, 5.41) is 3.24. The highest BCUT2D eigenvalue weighted by atomic mass is 32.2. The van der Waals surface area contributed by atoms with Crippen LogP contribution in [-0.2, 0) is 4.79 Å². The largest absolute Gasteiger partial charge is 0.344 e. The number of hydrogen-bond donors (Lipinski definition) is 1. The van der Waals surface area contributed by atoms with Crippen LogP contribution in [0.15, 0.2) is 0 Å². The molecule has 0 aliphatic rings. The van der Waals surface area contributed by atoms with E-state index in [0.29, 0.717) is 5.92 Å². The highest BCUT2D eigenvalue weighted by Gasteiger charge is 2.15. The fourth-order valence-corrected chi connectivity index (χ4v) is 1.58. The standard InChI is InChI=1S/C9H19NOS/c1-6(2)8(11)10-9(12-5)7(3)4/h6-7,9H,1-5H3,(H,10,11). The summed E-state index contributed by atoms with van der Waals surface area (Å²) < 4.78 is 0. The van der Waals surface area contributed by atoms with Crippen LogP contribution < -0.4 is 5.32 Å². The lowest BCUT2D eigenvalue weighted by Gasteiger charge is -2.21. The van der Waals surface area contributed by atoms with Crippen LogP contribution in [0.25, 0.3) is 0 Å². The first-order valence-electron chi connectivity index (χ1n) is 4.32. The van der Waals surface area contributed by atoms with Crippen molar-refractivity contribution in [3.63, 3.8) is 0 Å². The van der Waals surface area contributed by atoms with Crippen LogP contribution in [0, 0.1) is 11.8 Å². The van der Waals surface area contributed by atoms with E-state index in [4.69, 9.17) is 0 Å². The Morgan fingerprint density at radius 1 is 1.25 bits per heavy atom. The minimum absolute atomic E-state index is 0.0819. The smallest absolute Gasteiger partial charge is 0.223 e. The van der Waals surface area contributed by atoms with Crippen LogP contribution >= 0.6 is 11.8 Å². The number of carbonyl (C=O) groups excluding carboxylic acids is 1. The zero-order chi connectivity index (χ0) is 9.72. The second-order valence-corrected chi connectivity index (χ2v) is 4.54. The summed E-state index contributed by atoms with van der Waals surface area (Å²) in [6, 6.07) is 0. The molecule has 72 valence electrons. The second kappa shape index (κ2) is 5.46. The van der Waals surface area contributed by atoms with Crippen LogP contribution in [-0.4, -0.2) is 17.5 Å². The van der Waals surface area contributed by atoms with E-state index in [1.165, 1.54) is 0 Å². The zero-order valence-electron chi connectivity index (χ0n) is 8.55. The lowest BCUT2D eigenvalue weighted by atomic mass is 10.2. The van der Waals surface area contributed by atoms with Gasteiger partial charge in [0.25, 0.3) is 0 Å². The fourth-order valence-electron chi connectivity index (χ4n) is 0.805. The predicted octanol–water partition coefficient (Wildman–Crippen LogP) is 2.10. The van der Waals surface area contributed by atoms with Gasteiger partial charge in [0.15, 0.2) is 0 Å². The van der Waals surface area contributed by atoms with Crippen molar-refractivity contribution in [1.29, 1.82) is 0 Å². The summed E-state index contributed by atoms with van der Waals surface area (Å²) in [6.07, 6.45) is 2.02. The maximum atomic E-state index is 11.3. The topological polar surface area (TPSA) is 29.1 Å². The second-order valence-electron chi connectivity index (χ2n) is 3.56. The molecule has 0 fully saturated rings. The van der Waals surface area contributed by atoms with E-state index in [9.17, 15) is 4.79 Å². The molecule has 0 bridgehead atoms. The number of nitrogens with one attached hydrogen (secondary N) is 1. The monoisotopic (exact) mass is 189 g/mol. The Morgan fingerprint density at radius 3 is 2.00 bits per heavy atom. The Bertz CT molecular complexity index is 145. The first-order chi connectivity index (χ1) is 5.49. The van der Waals surface area contributed by atoms with Gasteiger partial charge in [0.2, 0.25) is 5.91 Å². The molecule has 0 aromatic rings. The Labute approximate surface area is 79.5 Å². The Hall–Kier alpha value is -0.180. The summed E-state index contributed by atoms with van der Waals surface area (Å²) in [6.45, 7) is 8.05. The van der Waals surface area contributed by atoms with Gasteiger partial charge in [0, 0.05) is 5.92 Å². The predicted molar refractivity (Wildman–Crippen MR) is 55.1 cm³/mol. The van der Waals surface area contributed by atoms with Crippen LogP contribution in [0.4, 0.5) is 0 Å². The van der Waals surface area contributed by atoms with Crippen molar-refractivity contribution in [2.45, 2.75) is 33.1 Å². The van der Waals surface area contributed by atoms with E-state index in [0.717, 1.165) is 0 Å². The molecule has 0 radical (unpaired) electrons. The molecule has 0 aliphatic heterocycles. The average Bonchev–Trinajstić information content (AvgIpc) is 1.98. The number of amides is 1. The molecule has 1 unspecified atom stereocenters. The molecule has 0 aromatic heterocycles. The molecule has 12 heavy (non-hydrogen) atoms. The van der Waals surface area contributed by atoms with Crippen molar-refractivity contribution >= 4 is 17.7 Å².